The standard InChI is InChI=1S/C17H24O6/c1-16(8-18)11-7-17(13(19)6-9(11)14(20)22-2)10(15(21)23-3)4-5-12(16)17/h6,10-13,18-19H,4-5,7-8H2,1-3H3/t10-,11-,12+,13-,16+,17+/m0/s1. The topological polar surface area (TPSA) is 93.1 Å². The molecule has 23 heavy (non-hydrogen) atoms. The minimum atomic E-state index is -0.919. The van der Waals surface area contributed by atoms with E-state index in [0.717, 1.165) is 6.42 Å². The fourth-order valence-corrected chi connectivity index (χ4v) is 5.64. The van der Waals surface area contributed by atoms with E-state index in [1.54, 1.807) is 0 Å². The van der Waals surface area contributed by atoms with E-state index in [4.69, 9.17) is 9.47 Å². The van der Waals surface area contributed by atoms with E-state index in [1.165, 1.54) is 20.3 Å². The van der Waals surface area contributed by atoms with Crippen LogP contribution in [0.4, 0.5) is 0 Å². The van der Waals surface area contributed by atoms with Gasteiger partial charge in [-0.05, 0) is 37.2 Å². The highest BCUT2D eigenvalue weighted by Gasteiger charge is 2.71. The maximum atomic E-state index is 12.3. The van der Waals surface area contributed by atoms with E-state index < -0.39 is 28.8 Å². The van der Waals surface area contributed by atoms with Gasteiger partial charge in [0, 0.05) is 23.0 Å². The van der Waals surface area contributed by atoms with Gasteiger partial charge in [-0.3, -0.25) is 4.79 Å². The number of ether oxygens (including phenoxy) is 2. The van der Waals surface area contributed by atoms with Gasteiger partial charge in [0.2, 0.25) is 0 Å². The number of aliphatic hydroxyl groups is 2. The lowest BCUT2D eigenvalue weighted by molar-refractivity contribution is -0.153. The third-order valence-electron chi connectivity index (χ3n) is 6.70. The first-order valence-corrected chi connectivity index (χ1v) is 8.03. The first kappa shape index (κ1) is 16.5. The molecule has 128 valence electrons. The Morgan fingerprint density at radius 3 is 2.57 bits per heavy atom. The number of carbonyl (C=O) groups is 2. The number of esters is 2. The van der Waals surface area contributed by atoms with Gasteiger partial charge in [0.25, 0.3) is 0 Å². The van der Waals surface area contributed by atoms with Crippen LogP contribution in [0, 0.1) is 28.6 Å². The molecule has 3 aliphatic rings. The third kappa shape index (κ3) is 1.88. The second kappa shape index (κ2) is 5.31. The SMILES string of the molecule is COC(=O)C1=C[C@H](O)[C@@]23C[C@@H]1[C@@](C)(CO)[C@H]2CC[C@H]3C(=O)OC. The zero-order valence-corrected chi connectivity index (χ0v) is 13.7. The van der Waals surface area contributed by atoms with Gasteiger partial charge in [0.15, 0.2) is 0 Å². The molecule has 2 saturated carbocycles. The fraction of sp³-hybridized carbons (Fsp3) is 0.765. The highest BCUT2D eigenvalue weighted by Crippen LogP contribution is 2.71. The summed E-state index contributed by atoms with van der Waals surface area (Å²) in [6.45, 7) is 1.84. The molecule has 2 bridgehead atoms. The van der Waals surface area contributed by atoms with Gasteiger partial charge in [0.05, 0.1) is 26.2 Å². The van der Waals surface area contributed by atoms with Gasteiger partial charge < -0.3 is 19.7 Å². The first-order valence-electron chi connectivity index (χ1n) is 8.03. The molecule has 0 amide bonds. The number of hydrogen-bond donors (Lipinski definition) is 2. The van der Waals surface area contributed by atoms with Crippen molar-refractivity contribution in [3.05, 3.63) is 11.6 Å². The molecule has 0 saturated heterocycles. The summed E-state index contributed by atoms with van der Waals surface area (Å²) in [5, 5.41) is 20.9. The predicted molar refractivity (Wildman–Crippen MR) is 80.1 cm³/mol. The van der Waals surface area contributed by atoms with Crippen LogP contribution in [0.15, 0.2) is 11.6 Å². The highest BCUT2D eigenvalue weighted by molar-refractivity contribution is 5.90. The van der Waals surface area contributed by atoms with Crippen LogP contribution in [0.1, 0.15) is 26.2 Å². The summed E-state index contributed by atoms with van der Waals surface area (Å²) in [6, 6.07) is 0. The Bertz CT molecular complexity index is 569. The summed E-state index contributed by atoms with van der Waals surface area (Å²) in [4.78, 5) is 24.4. The molecule has 1 spiro atoms. The summed E-state index contributed by atoms with van der Waals surface area (Å²) >= 11 is 0. The molecule has 0 heterocycles. The Kier molecular flexibility index (Phi) is 3.80. The molecule has 0 unspecified atom stereocenters. The molecule has 0 aromatic rings. The van der Waals surface area contributed by atoms with E-state index in [2.05, 4.69) is 0 Å². The summed E-state index contributed by atoms with van der Waals surface area (Å²) in [5.41, 5.74) is -0.798. The van der Waals surface area contributed by atoms with Crippen LogP contribution < -0.4 is 0 Å². The van der Waals surface area contributed by atoms with Crippen LogP contribution in [0.5, 0.6) is 0 Å². The molecular weight excluding hydrogens is 300 g/mol. The van der Waals surface area contributed by atoms with Crippen LogP contribution in [0.2, 0.25) is 0 Å². The van der Waals surface area contributed by atoms with Crippen LogP contribution in [0.25, 0.3) is 0 Å². The Morgan fingerprint density at radius 2 is 2.00 bits per heavy atom. The minimum absolute atomic E-state index is 0.0393. The van der Waals surface area contributed by atoms with Crippen LogP contribution in [-0.2, 0) is 19.1 Å². The van der Waals surface area contributed by atoms with Gasteiger partial charge in [-0.25, -0.2) is 4.79 Å². The lowest BCUT2D eigenvalue weighted by atomic mass is 9.65. The van der Waals surface area contributed by atoms with Gasteiger partial charge in [-0.2, -0.15) is 0 Å². The molecule has 6 heteroatoms. The van der Waals surface area contributed by atoms with E-state index in [0.29, 0.717) is 18.4 Å². The molecule has 0 aromatic carbocycles. The maximum Gasteiger partial charge on any atom is 0.333 e. The molecule has 2 fully saturated rings. The summed E-state index contributed by atoms with van der Waals surface area (Å²) in [7, 11) is 2.66. The largest absolute Gasteiger partial charge is 0.469 e. The van der Waals surface area contributed by atoms with E-state index in [9.17, 15) is 19.8 Å². The average Bonchev–Trinajstić information content (AvgIpc) is 3.04. The number of aliphatic hydroxyl groups excluding tert-OH is 2. The second-order valence-corrected chi connectivity index (χ2v) is 7.30. The molecule has 6 nitrogen and oxygen atoms in total. The van der Waals surface area contributed by atoms with Gasteiger partial charge in [0.1, 0.15) is 0 Å². The molecule has 2 N–H and O–H groups in total. The zero-order valence-electron chi connectivity index (χ0n) is 13.7. The molecule has 0 aromatic heterocycles. The third-order valence-corrected chi connectivity index (χ3v) is 6.70. The molecule has 3 aliphatic carbocycles. The van der Waals surface area contributed by atoms with Gasteiger partial charge >= 0.3 is 11.9 Å². The fourth-order valence-electron chi connectivity index (χ4n) is 5.64. The van der Waals surface area contributed by atoms with Crippen molar-refractivity contribution in [3.63, 3.8) is 0 Å². The van der Waals surface area contributed by atoms with Gasteiger partial charge in [-0.15, -0.1) is 0 Å². The smallest absolute Gasteiger partial charge is 0.333 e. The molecule has 3 rings (SSSR count). The molecule has 0 radical (unpaired) electrons. The first-order chi connectivity index (χ1) is 10.9. The van der Waals surface area contributed by atoms with E-state index in [1.807, 2.05) is 6.92 Å². The van der Waals surface area contributed by atoms with Crippen molar-refractivity contribution in [2.24, 2.45) is 28.6 Å². The Hall–Kier alpha value is -1.40. The van der Waals surface area contributed by atoms with Crippen molar-refractivity contribution in [1.82, 2.24) is 0 Å². The summed E-state index contributed by atoms with van der Waals surface area (Å²) in [5.74, 6) is -1.46. The lowest BCUT2D eigenvalue weighted by Crippen LogP contribution is -2.46. The predicted octanol–water partition coefficient (Wildman–Crippen LogP) is 0.664. The van der Waals surface area contributed by atoms with E-state index >= 15 is 0 Å². The Balaban J connectivity index is 2.13. The van der Waals surface area contributed by atoms with Crippen LogP contribution in [0.3, 0.4) is 0 Å². The van der Waals surface area contributed by atoms with Crippen molar-refractivity contribution in [2.45, 2.75) is 32.3 Å². The molecular formula is C17H24O6. The number of rotatable bonds is 3. The van der Waals surface area contributed by atoms with Crippen LogP contribution >= 0.6 is 0 Å². The monoisotopic (exact) mass is 324 g/mol. The summed E-state index contributed by atoms with van der Waals surface area (Å²) in [6.07, 6.45) is 2.48. The second-order valence-electron chi connectivity index (χ2n) is 7.30. The number of methoxy groups -OCH3 is 2. The number of hydrogen-bond acceptors (Lipinski definition) is 6. The quantitative estimate of drug-likeness (QED) is 0.741. The van der Waals surface area contributed by atoms with Crippen molar-refractivity contribution >= 4 is 11.9 Å². The Morgan fingerprint density at radius 1 is 1.30 bits per heavy atom. The molecule has 0 aliphatic heterocycles. The number of carbonyl (C=O) groups excluding carboxylic acids is 2. The summed E-state index contributed by atoms with van der Waals surface area (Å²) < 4.78 is 9.80. The minimum Gasteiger partial charge on any atom is -0.469 e. The van der Waals surface area contributed by atoms with Crippen LogP contribution in [-0.4, -0.2) is 49.1 Å². The van der Waals surface area contributed by atoms with Crippen molar-refractivity contribution in [2.75, 3.05) is 20.8 Å². The van der Waals surface area contributed by atoms with Crippen molar-refractivity contribution in [3.8, 4) is 0 Å². The number of fused-ring (bicyclic) bond motifs is 1. The van der Waals surface area contributed by atoms with Gasteiger partial charge in [-0.1, -0.05) is 6.92 Å². The Labute approximate surface area is 135 Å². The van der Waals surface area contributed by atoms with Crippen molar-refractivity contribution in [1.29, 1.82) is 0 Å². The highest BCUT2D eigenvalue weighted by atomic mass is 16.5. The zero-order chi connectivity index (χ0) is 17.0. The normalized spacial score (nSPS) is 44.5. The lowest BCUT2D eigenvalue weighted by Gasteiger charge is -2.40. The van der Waals surface area contributed by atoms with E-state index in [-0.39, 0.29) is 24.4 Å². The van der Waals surface area contributed by atoms with Crippen molar-refractivity contribution < 1.29 is 29.3 Å². The molecule has 6 atom stereocenters. The maximum absolute atomic E-state index is 12.3. The average molecular weight is 324 g/mol.